The van der Waals surface area contributed by atoms with Gasteiger partial charge in [0.05, 0.1) is 38.1 Å². The second-order valence-electron chi connectivity index (χ2n) is 6.67. The molecule has 1 saturated carbocycles. The summed E-state index contributed by atoms with van der Waals surface area (Å²) in [6, 6.07) is 7.54. The van der Waals surface area contributed by atoms with E-state index in [9.17, 15) is 5.11 Å². The number of hydrogen-bond acceptors (Lipinski definition) is 6. The molecule has 3 rings (SSSR count). The molecular formula is C19H26N2O4. The average Bonchev–Trinajstić information content (AvgIpc) is 3.08. The van der Waals surface area contributed by atoms with E-state index in [1.165, 1.54) is 0 Å². The number of ether oxygens (including phenoxy) is 3. The molecule has 1 saturated heterocycles. The normalized spacial score (nSPS) is 27.0. The highest BCUT2D eigenvalue weighted by atomic mass is 16.5. The molecular weight excluding hydrogens is 320 g/mol. The van der Waals surface area contributed by atoms with Crippen LogP contribution < -0.4 is 9.47 Å². The van der Waals surface area contributed by atoms with E-state index in [4.69, 9.17) is 19.5 Å². The van der Waals surface area contributed by atoms with Crippen LogP contribution in [0, 0.1) is 17.2 Å². The van der Waals surface area contributed by atoms with E-state index in [0.717, 1.165) is 39.0 Å². The van der Waals surface area contributed by atoms with Crippen LogP contribution in [0.1, 0.15) is 24.8 Å². The minimum absolute atomic E-state index is 0.214. The van der Waals surface area contributed by atoms with Gasteiger partial charge < -0.3 is 19.3 Å². The average molecular weight is 346 g/mol. The zero-order chi connectivity index (χ0) is 17.6. The first-order valence-electron chi connectivity index (χ1n) is 8.93. The third-order valence-electron chi connectivity index (χ3n) is 5.24. The minimum atomic E-state index is -0.214. The summed E-state index contributed by atoms with van der Waals surface area (Å²) in [7, 11) is 1.57. The monoisotopic (exact) mass is 346 g/mol. The van der Waals surface area contributed by atoms with Crippen molar-refractivity contribution in [2.75, 3.05) is 40.0 Å². The van der Waals surface area contributed by atoms with Crippen molar-refractivity contribution in [2.24, 2.45) is 5.92 Å². The van der Waals surface area contributed by atoms with E-state index >= 15 is 0 Å². The summed E-state index contributed by atoms with van der Waals surface area (Å²) >= 11 is 0. The molecule has 1 heterocycles. The molecule has 136 valence electrons. The second kappa shape index (κ2) is 8.52. The summed E-state index contributed by atoms with van der Waals surface area (Å²) in [5, 5.41) is 19.2. The molecule has 6 nitrogen and oxygen atoms in total. The third kappa shape index (κ3) is 4.24. The third-order valence-corrected chi connectivity index (χ3v) is 5.24. The molecule has 2 fully saturated rings. The SMILES string of the molecule is COc1cc(C#N)ccc1OCCN1CCOC[C@@H]1[C@@H]1CCC[C@@H]1O. The summed E-state index contributed by atoms with van der Waals surface area (Å²) in [4.78, 5) is 2.37. The van der Waals surface area contributed by atoms with Crippen molar-refractivity contribution in [3.05, 3.63) is 23.8 Å². The van der Waals surface area contributed by atoms with Crippen LogP contribution in [0.25, 0.3) is 0 Å². The van der Waals surface area contributed by atoms with Gasteiger partial charge in [-0.2, -0.15) is 5.26 Å². The molecule has 2 aliphatic rings. The zero-order valence-electron chi connectivity index (χ0n) is 14.7. The Bertz CT molecular complexity index is 616. The molecule has 1 aromatic rings. The van der Waals surface area contributed by atoms with Crippen LogP contribution in [0.4, 0.5) is 0 Å². The first kappa shape index (κ1) is 18.0. The molecule has 0 aromatic heterocycles. The van der Waals surface area contributed by atoms with E-state index in [2.05, 4.69) is 11.0 Å². The molecule has 1 N–H and O–H groups in total. The number of aliphatic hydroxyl groups excluding tert-OH is 1. The van der Waals surface area contributed by atoms with Crippen LogP contribution in [0.3, 0.4) is 0 Å². The fraction of sp³-hybridized carbons (Fsp3) is 0.632. The standard InChI is InChI=1S/C19H26N2O4/c1-23-19-11-14(12-20)5-6-18(19)25-10-8-21-7-9-24-13-16(21)15-3-2-4-17(15)22/h5-6,11,15-17,22H,2-4,7-10,13H2,1H3/t15-,16+,17-/m0/s1. The predicted molar refractivity (Wildman–Crippen MR) is 92.7 cm³/mol. The second-order valence-corrected chi connectivity index (χ2v) is 6.67. The van der Waals surface area contributed by atoms with Crippen LogP contribution >= 0.6 is 0 Å². The quantitative estimate of drug-likeness (QED) is 0.847. The summed E-state index contributed by atoms with van der Waals surface area (Å²) in [6.07, 6.45) is 2.84. The first-order valence-corrected chi connectivity index (χ1v) is 8.93. The first-order chi connectivity index (χ1) is 12.2. The number of benzene rings is 1. The van der Waals surface area contributed by atoms with E-state index in [0.29, 0.717) is 36.2 Å². The molecule has 1 aliphatic carbocycles. The van der Waals surface area contributed by atoms with Gasteiger partial charge in [0.25, 0.3) is 0 Å². The maximum atomic E-state index is 10.2. The van der Waals surface area contributed by atoms with Gasteiger partial charge in [-0.3, -0.25) is 4.90 Å². The zero-order valence-corrected chi connectivity index (χ0v) is 14.7. The molecule has 0 bridgehead atoms. The van der Waals surface area contributed by atoms with Crippen LogP contribution in [-0.2, 0) is 4.74 Å². The molecule has 6 heteroatoms. The van der Waals surface area contributed by atoms with Gasteiger partial charge in [0, 0.05) is 31.1 Å². The Hall–Kier alpha value is -1.81. The fourth-order valence-corrected chi connectivity index (χ4v) is 3.88. The van der Waals surface area contributed by atoms with E-state index < -0.39 is 0 Å². The number of morpholine rings is 1. The lowest BCUT2D eigenvalue weighted by molar-refractivity contribution is -0.0532. The molecule has 0 unspecified atom stereocenters. The highest BCUT2D eigenvalue weighted by Gasteiger charge is 2.37. The van der Waals surface area contributed by atoms with Crippen molar-refractivity contribution in [2.45, 2.75) is 31.4 Å². The van der Waals surface area contributed by atoms with Crippen molar-refractivity contribution in [1.82, 2.24) is 4.90 Å². The lowest BCUT2D eigenvalue weighted by atomic mass is 9.94. The summed E-state index contributed by atoms with van der Waals surface area (Å²) in [6.45, 7) is 3.57. The summed E-state index contributed by atoms with van der Waals surface area (Å²) in [5.41, 5.74) is 0.549. The highest BCUT2D eigenvalue weighted by molar-refractivity contribution is 5.46. The Morgan fingerprint density at radius 3 is 2.96 bits per heavy atom. The van der Waals surface area contributed by atoms with Crippen LogP contribution in [0.2, 0.25) is 0 Å². The molecule has 1 aliphatic heterocycles. The van der Waals surface area contributed by atoms with Gasteiger partial charge in [0.1, 0.15) is 6.61 Å². The fourth-order valence-electron chi connectivity index (χ4n) is 3.88. The Kier molecular flexibility index (Phi) is 6.14. The number of nitrogens with zero attached hydrogens (tertiary/aromatic N) is 2. The lowest BCUT2D eigenvalue weighted by Gasteiger charge is -2.40. The number of nitriles is 1. The van der Waals surface area contributed by atoms with Crippen molar-refractivity contribution in [3.8, 4) is 17.6 Å². The van der Waals surface area contributed by atoms with Gasteiger partial charge in [0.2, 0.25) is 0 Å². The minimum Gasteiger partial charge on any atom is -0.493 e. The molecule has 3 atom stereocenters. The van der Waals surface area contributed by atoms with Gasteiger partial charge in [-0.15, -0.1) is 0 Å². The maximum Gasteiger partial charge on any atom is 0.162 e. The predicted octanol–water partition coefficient (Wildman–Crippen LogP) is 1.81. The topological polar surface area (TPSA) is 75.0 Å². The van der Waals surface area contributed by atoms with Gasteiger partial charge in [-0.05, 0) is 25.0 Å². The Balaban J connectivity index is 1.58. The van der Waals surface area contributed by atoms with E-state index in [1.54, 1.807) is 25.3 Å². The van der Waals surface area contributed by atoms with Crippen LogP contribution in [0.5, 0.6) is 11.5 Å². The highest BCUT2D eigenvalue weighted by Crippen LogP contribution is 2.32. The molecule has 0 radical (unpaired) electrons. The van der Waals surface area contributed by atoms with Crippen LogP contribution in [-0.4, -0.2) is 62.2 Å². The number of aliphatic hydroxyl groups is 1. The van der Waals surface area contributed by atoms with Crippen molar-refractivity contribution in [3.63, 3.8) is 0 Å². The number of hydrogen-bond donors (Lipinski definition) is 1. The van der Waals surface area contributed by atoms with E-state index in [1.807, 2.05) is 0 Å². The largest absolute Gasteiger partial charge is 0.493 e. The van der Waals surface area contributed by atoms with Gasteiger partial charge >= 0.3 is 0 Å². The van der Waals surface area contributed by atoms with Crippen LogP contribution in [0.15, 0.2) is 18.2 Å². The molecule has 25 heavy (non-hydrogen) atoms. The lowest BCUT2D eigenvalue weighted by Crippen LogP contribution is -2.52. The number of methoxy groups -OCH3 is 1. The van der Waals surface area contributed by atoms with Gasteiger partial charge in [-0.25, -0.2) is 0 Å². The smallest absolute Gasteiger partial charge is 0.162 e. The summed E-state index contributed by atoms with van der Waals surface area (Å²) < 4.78 is 16.8. The molecule has 0 spiro atoms. The van der Waals surface area contributed by atoms with Crippen molar-refractivity contribution >= 4 is 0 Å². The Morgan fingerprint density at radius 1 is 1.36 bits per heavy atom. The molecule has 0 amide bonds. The van der Waals surface area contributed by atoms with Gasteiger partial charge in [-0.1, -0.05) is 6.42 Å². The summed E-state index contributed by atoms with van der Waals surface area (Å²) in [5.74, 6) is 1.51. The maximum absolute atomic E-state index is 10.2. The Morgan fingerprint density at radius 2 is 2.24 bits per heavy atom. The van der Waals surface area contributed by atoms with E-state index in [-0.39, 0.29) is 12.1 Å². The molecule has 1 aromatic carbocycles. The van der Waals surface area contributed by atoms with Crippen molar-refractivity contribution in [1.29, 1.82) is 5.26 Å². The number of rotatable bonds is 6. The van der Waals surface area contributed by atoms with Crippen molar-refractivity contribution < 1.29 is 19.3 Å². The van der Waals surface area contributed by atoms with Gasteiger partial charge in [0.15, 0.2) is 11.5 Å². The Labute approximate surface area is 148 Å².